The number of carbonyl (C=O) groups excluding carboxylic acids is 1. The number of carbonyl (C=O) groups is 1. The number of pyridine rings is 2. The molecule has 1 aliphatic rings. The highest BCUT2D eigenvalue weighted by Crippen LogP contribution is 2.25. The molecule has 0 spiro atoms. The van der Waals surface area contributed by atoms with Crippen LogP contribution < -0.4 is 15.6 Å². The van der Waals surface area contributed by atoms with Crippen molar-refractivity contribution < 1.29 is 13.2 Å². The van der Waals surface area contributed by atoms with Gasteiger partial charge >= 0.3 is 0 Å². The van der Waals surface area contributed by atoms with Crippen molar-refractivity contribution in [2.45, 2.75) is 6.42 Å². The third-order valence-corrected chi connectivity index (χ3v) is 4.45. The Kier molecular flexibility index (Phi) is 3.45. The lowest BCUT2D eigenvalue weighted by Gasteiger charge is -2.15. The van der Waals surface area contributed by atoms with Gasteiger partial charge in [0.05, 0.1) is 5.75 Å². The van der Waals surface area contributed by atoms with Crippen LogP contribution in [0.15, 0.2) is 29.1 Å². The van der Waals surface area contributed by atoms with E-state index in [-0.39, 0.29) is 36.1 Å². The van der Waals surface area contributed by atoms with Gasteiger partial charge in [0.25, 0.3) is 0 Å². The summed E-state index contributed by atoms with van der Waals surface area (Å²) < 4.78 is 22.3. The summed E-state index contributed by atoms with van der Waals surface area (Å²) in [5.74, 6) is -0.413. The zero-order valence-corrected chi connectivity index (χ0v) is 12.3. The summed E-state index contributed by atoms with van der Waals surface area (Å²) in [6, 6.07) is 6.44. The van der Waals surface area contributed by atoms with E-state index in [1.807, 2.05) is 0 Å². The van der Waals surface area contributed by atoms with Gasteiger partial charge in [-0.2, -0.15) is 0 Å². The maximum Gasteiger partial charge on any atom is 0.249 e. The predicted molar refractivity (Wildman–Crippen MR) is 80.8 cm³/mol. The van der Waals surface area contributed by atoms with E-state index in [4.69, 9.17) is 5.14 Å². The van der Waals surface area contributed by atoms with Crippen molar-refractivity contribution in [1.82, 2.24) is 9.97 Å². The van der Waals surface area contributed by atoms with Gasteiger partial charge in [0.15, 0.2) is 0 Å². The molecule has 22 heavy (non-hydrogen) atoms. The molecule has 2 aromatic heterocycles. The molecular weight excluding hydrogens is 308 g/mol. The Morgan fingerprint density at radius 1 is 1.27 bits per heavy atom. The van der Waals surface area contributed by atoms with Gasteiger partial charge in [-0.3, -0.25) is 14.5 Å². The summed E-state index contributed by atoms with van der Waals surface area (Å²) in [5.41, 5.74) is 0.102. The van der Waals surface area contributed by atoms with E-state index in [0.29, 0.717) is 11.5 Å². The summed E-state index contributed by atoms with van der Waals surface area (Å²) in [5, 5.41) is 5.77. The molecule has 3 heterocycles. The summed E-state index contributed by atoms with van der Waals surface area (Å²) >= 11 is 0. The van der Waals surface area contributed by atoms with Gasteiger partial charge in [0, 0.05) is 30.3 Å². The molecule has 2 aromatic rings. The molecular formula is C13H14N4O4S. The number of H-pyrrole nitrogens is 1. The molecule has 116 valence electrons. The van der Waals surface area contributed by atoms with Gasteiger partial charge in [-0.05, 0) is 18.2 Å². The van der Waals surface area contributed by atoms with E-state index < -0.39 is 10.0 Å². The molecule has 0 radical (unpaired) electrons. The van der Waals surface area contributed by atoms with Gasteiger partial charge in [0.2, 0.25) is 21.5 Å². The van der Waals surface area contributed by atoms with Crippen LogP contribution in [-0.4, -0.2) is 36.6 Å². The topological polar surface area (TPSA) is 126 Å². The van der Waals surface area contributed by atoms with Gasteiger partial charge in [-0.25, -0.2) is 18.5 Å². The number of aromatic amines is 1. The number of amides is 1. The largest absolute Gasteiger partial charge is 0.307 e. The lowest BCUT2D eigenvalue weighted by atomic mass is 10.1. The van der Waals surface area contributed by atoms with Crippen LogP contribution in [0.3, 0.4) is 0 Å². The Bertz CT molecular complexity index is 906. The fourth-order valence-corrected chi connectivity index (χ4v) is 3.49. The number of sulfonamides is 1. The SMILES string of the molecule is NS(=O)(=O)CC1CC(=O)N(c2ccc3ccc(=O)[nH]c3n2)C1. The van der Waals surface area contributed by atoms with Gasteiger partial charge in [0.1, 0.15) is 11.5 Å². The third-order valence-electron chi connectivity index (χ3n) is 3.52. The maximum atomic E-state index is 12.1. The Hall–Kier alpha value is -2.26. The average Bonchev–Trinajstić information content (AvgIpc) is 2.76. The number of rotatable bonds is 3. The molecule has 0 bridgehead atoms. The average molecular weight is 322 g/mol. The van der Waals surface area contributed by atoms with Crippen molar-refractivity contribution in [2.24, 2.45) is 11.1 Å². The Balaban J connectivity index is 1.91. The molecule has 0 aromatic carbocycles. The molecule has 1 amide bonds. The Morgan fingerprint density at radius 3 is 2.73 bits per heavy atom. The van der Waals surface area contributed by atoms with Crippen molar-refractivity contribution in [1.29, 1.82) is 0 Å². The number of nitrogens with two attached hydrogens (primary N) is 1. The monoisotopic (exact) mass is 322 g/mol. The van der Waals surface area contributed by atoms with Gasteiger partial charge in [-0.15, -0.1) is 0 Å². The number of hydrogen-bond acceptors (Lipinski definition) is 5. The Labute approximate surface area is 126 Å². The Morgan fingerprint density at radius 2 is 2.00 bits per heavy atom. The van der Waals surface area contributed by atoms with E-state index in [1.54, 1.807) is 18.2 Å². The van der Waals surface area contributed by atoms with Crippen LogP contribution in [-0.2, 0) is 14.8 Å². The smallest absolute Gasteiger partial charge is 0.249 e. The molecule has 8 nitrogen and oxygen atoms in total. The second-order valence-corrected chi connectivity index (χ2v) is 6.99. The number of hydrogen-bond donors (Lipinski definition) is 2. The van der Waals surface area contributed by atoms with Crippen molar-refractivity contribution in [2.75, 3.05) is 17.2 Å². The zero-order valence-electron chi connectivity index (χ0n) is 11.5. The fraction of sp³-hybridized carbons (Fsp3) is 0.308. The van der Waals surface area contributed by atoms with E-state index >= 15 is 0 Å². The highest BCUT2D eigenvalue weighted by molar-refractivity contribution is 7.89. The highest BCUT2D eigenvalue weighted by Gasteiger charge is 2.33. The molecule has 0 saturated carbocycles. The first kappa shape index (κ1) is 14.7. The first-order chi connectivity index (χ1) is 10.3. The van der Waals surface area contributed by atoms with Crippen LogP contribution in [0.5, 0.6) is 0 Å². The van der Waals surface area contributed by atoms with Crippen LogP contribution in [0.4, 0.5) is 5.82 Å². The van der Waals surface area contributed by atoms with E-state index in [1.165, 1.54) is 11.0 Å². The first-order valence-corrected chi connectivity index (χ1v) is 8.34. The molecule has 1 fully saturated rings. The van der Waals surface area contributed by atoms with E-state index in [0.717, 1.165) is 5.39 Å². The molecule has 3 N–H and O–H groups in total. The second-order valence-electron chi connectivity index (χ2n) is 5.33. The third kappa shape index (κ3) is 3.00. The number of primary sulfonamides is 1. The summed E-state index contributed by atoms with van der Waals surface area (Å²) in [6.07, 6.45) is 0.113. The number of anilines is 1. The van der Waals surface area contributed by atoms with Crippen LogP contribution in [0, 0.1) is 5.92 Å². The summed E-state index contributed by atoms with van der Waals surface area (Å²) in [7, 11) is -3.62. The van der Waals surface area contributed by atoms with Crippen LogP contribution >= 0.6 is 0 Å². The molecule has 3 rings (SSSR count). The van der Waals surface area contributed by atoms with Crippen LogP contribution in [0.25, 0.3) is 11.0 Å². The molecule has 1 unspecified atom stereocenters. The van der Waals surface area contributed by atoms with E-state index in [2.05, 4.69) is 9.97 Å². The van der Waals surface area contributed by atoms with E-state index in [9.17, 15) is 18.0 Å². The van der Waals surface area contributed by atoms with Gasteiger partial charge < -0.3 is 4.98 Å². The molecule has 1 atom stereocenters. The lowest BCUT2D eigenvalue weighted by molar-refractivity contribution is -0.117. The maximum absolute atomic E-state index is 12.1. The van der Waals surface area contributed by atoms with Crippen molar-refractivity contribution in [3.05, 3.63) is 34.6 Å². The van der Waals surface area contributed by atoms with Crippen molar-refractivity contribution >= 4 is 32.8 Å². The van der Waals surface area contributed by atoms with Gasteiger partial charge in [-0.1, -0.05) is 0 Å². The van der Waals surface area contributed by atoms with Crippen molar-refractivity contribution in [3.8, 4) is 0 Å². The first-order valence-electron chi connectivity index (χ1n) is 6.63. The van der Waals surface area contributed by atoms with Crippen LogP contribution in [0.2, 0.25) is 0 Å². The predicted octanol–water partition coefficient (Wildman–Crippen LogP) is -0.435. The molecule has 1 saturated heterocycles. The highest BCUT2D eigenvalue weighted by atomic mass is 32.2. The molecule has 1 aliphatic heterocycles. The van der Waals surface area contributed by atoms with Crippen molar-refractivity contribution in [3.63, 3.8) is 0 Å². The normalized spacial score (nSPS) is 19.0. The minimum Gasteiger partial charge on any atom is -0.307 e. The van der Waals surface area contributed by atoms with Crippen LogP contribution in [0.1, 0.15) is 6.42 Å². The number of nitrogens with zero attached hydrogens (tertiary/aromatic N) is 2. The summed E-state index contributed by atoms with van der Waals surface area (Å²) in [4.78, 5) is 31.7. The number of aromatic nitrogens is 2. The zero-order chi connectivity index (χ0) is 15.9. The fourth-order valence-electron chi connectivity index (χ4n) is 2.61. The standard InChI is InChI=1S/C13H14N4O4S/c14-22(20,21)7-8-5-12(19)17(6-8)10-3-1-9-2-4-11(18)16-13(9)15-10/h1-4,8H,5-7H2,(H2,14,20,21)(H,15,16,18). The minimum atomic E-state index is -3.62. The summed E-state index contributed by atoms with van der Waals surface area (Å²) in [6.45, 7) is 0.241. The lowest BCUT2D eigenvalue weighted by Crippen LogP contribution is -2.28. The minimum absolute atomic E-state index is 0.113. The molecule has 0 aliphatic carbocycles. The number of fused-ring (bicyclic) bond motifs is 1. The number of nitrogens with one attached hydrogen (secondary N) is 1. The second kappa shape index (κ2) is 5.18. The quantitative estimate of drug-likeness (QED) is 0.792. The molecule has 9 heteroatoms.